The molecule has 1 amide bonds. The van der Waals surface area contributed by atoms with E-state index in [4.69, 9.17) is 5.73 Å². The van der Waals surface area contributed by atoms with E-state index in [1.54, 1.807) is 24.7 Å². The summed E-state index contributed by atoms with van der Waals surface area (Å²) >= 11 is 0. The molecule has 1 saturated heterocycles. The predicted molar refractivity (Wildman–Crippen MR) is 100 cm³/mol. The van der Waals surface area contributed by atoms with Crippen molar-refractivity contribution in [3.63, 3.8) is 0 Å². The van der Waals surface area contributed by atoms with Crippen molar-refractivity contribution in [3.8, 4) is 0 Å². The zero-order chi connectivity index (χ0) is 19.3. The van der Waals surface area contributed by atoms with Crippen LogP contribution in [0.5, 0.6) is 0 Å². The number of fused-ring (bicyclic) bond motifs is 1. The molecular weight excluding hydrogens is 334 g/mol. The summed E-state index contributed by atoms with van der Waals surface area (Å²) in [6, 6.07) is 1.70. The third-order valence-electron chi connectivity index (χ3n) is 5.89. The van der Waals surface area contributed by atoms with Gasteiger partial charge in [0.1, 0.15) is 11.3 Å². The Kier molecular flexibility index (Phi) is 4.56. The molecule has 3 rings (SSSR count). The van der Waals surface area contributed by atoms with Gasteiger partial charge in [-0.25, -0.2) is 4.79 Å². The van der Waals surface area contributed by atoms with Gasteiger partial charge in [-0.2, -0.15) is 0 Å². The van der Waals surface area contributed by atoms with Crippen molar-refractivity contribution in [2.45, 2.75) is 26.3 Å². The van der Waals surface area contributed by atoms with Crippen LogP contribution >= 0.6 is 0 Å². The molecule has 1 fully saturated rings. The molecule has 3 atom stereocenters. The van der Waals surface area contributed by atoms with Gasteiger partial charge in [0.25, 0.3) is 11.5 Å². The second-order valence-electron chi connectivity index (χ2n) is 7.55. The number of amides is 1. The van der Waals surface area contributed by atoms with Crippen LogP contribution in [0.15, 0.2) is 15.7 Å². The lowest BCUT2D eigenvalue weighted by Gasteiger charge is -2.41. The van der Waals surface area contributed by atoms with Crippen LogP contribution < -0.4 is 17.0 Å². The molecule has 0 spiro atoms. The fourth-order valence-electron chi connectivity index (χ4n) is 4.15. The molecule has 142 valence electrons. The number of hydrogen-bond donors (Lipinski definition) is 1. The Hall–Kier alpha value is -2.35. The highest BCUT2D eigenvalue weighted by Gasteiger charge is 2.34. The smallest absolute Gasteiger partial charge is 0.332 e. The predicted octanol–water partition coefficient (Wildman–Crippen LogP) is 0.0211. The summed E-state index contributed by atoms with van der Waals surface area (Å²) < 4.78 is 4.10. The molecule has 1 aliphatic rings. The number of rotatable bonds is 2. The van der Waals surface area contributed by atoms with Gasteiger partial charge in [-0.15, -0.1) is 0 Å². The average Bonchev–Trinajstić information content (AvgIpc) is 2.95. The Bertz CT molecular complexity index is 983. The fraction of sp³-hybridized carbons (Fsp3) is 0.611. The number of likely N-dealkylation sites (tertiary alicyclic amines) is 1. The van der Waals surface area contributed by atoms with E-state index >= 15 is 0 Å². The Morgan fingerprint density at radius 3 is 2.42 bits per heavy atom. The van der Waals surface area contributed by atoms with E-state index in [2.05, 4.69) is 6.92 Å². The van der Waals surface area contributed by atoms with Crippen molar-refractivity contribution in [2.75, 3.05) is 13.1 Å². The Balaban J connectivity index is 2.11. The molecule has 0 bridgehead atoms. The van der Waals surface area contributed by atoms with E-state index in [1.165, 1.54) is 11.6 Å². The van der Waals surface area contributed by atoms with Crippen molar-refractivity contribution in [3.05, 3.63) is 32.6 Å². The lowest BCUT2D eigenvalue weighted by atomic mass is 9.83. The number of carbonyl (C=O) groups is 1. The van der Waals surface area contributed by atoms with Crippen LogP contribution in [0.2, 0.25) is 0 Å². The van der Waals surface area contributed by atoms with Crippen LogP contribution in [-0.2, 0) is 21.1 Å². The van der Waals surface area contributed by atoms with Crippen molar-refractivity contribution in [2.24, 2.45) is 38.7 Å². The maximum Gasteiger partial charge on any atom is 0.332 e. The molecule has 0 aliphatic carbocycles. The highest BCUT2D eigenvalue weighted by atomic mass is 16.2. The summed E-state index contributed by atoms with van der Waals surface area (Å²) in [4.78, 5) is 39.7. The SMILES string of the molecule is CC1CC(C)N(C(=O)c2cc3c(=O)n(C)c(=O)n(C)c3n2C)CC1CN. The van der Waals surface area contributed by atoms with E-state index < -0.39 is 11.2 Å². The molecule has 2 N–H and O–H groups in total. The van der Waals surface area contributed by atoms with Crippen LogP contribution in [0.3, 0.4) is 0 Å². The normalized spacial score (nSPS) is 23.6. The Labute approximate surface area is 151 Å². The second-order valence-corrected chi connectivity index (χ2v) is 7.55. The summed E-state index contributed by atoms with van der Waals surface area (Å²) in [5.74, 6) is 0.609. The first-order valence-corrected chi connectivity index (χ1v) is 8.95. The van der Waals surface area contributed by atoms with E-state index in [1.807, 2.05) is 11.8 Å². The van der Waals surface area contributed by atoms with Gasteiger partial charge in [-0.1, -0.05) is 6.92 Å². The summed E-state index contributed by atoms with van der Waals surface area (Å²) in [6.07, 6.45) is 0.901. The standard InChI is InChI=1S/C18H27N5O3/c1-10-6-11(2)23(9-12(10)8-19)17(25)14-7-13-15(20(14)3)21(4)18(26)22(5)16(13)24/h7,10-12H,6,8-9,19H2,1-5H3. The van der Waals surface area contributed by atoms with Gasteiger partial charge in [0, 0.05) is 33.7 Å². The zero-order valence-electron chi connectivity index (χ0n) is 16.0. The molecule has 8 nitrogen and oxygen atoms in total. The van der Waals surface area contributed by atoms with Crippen LogP contribution in [0.25, 0.3) is 11.0 Å². The van der Waals surface area contributed by atoms with E-state index in [9.17, 15) is 14.4 Å². The zero-order valence-corrected chi connectivity index (χ0v) is 16.0. The minimum Gasteiger partial charge on any atom is -0.334 e. The van der Waals surface area contributed by atoms with Gasteiger partial charge in [-0.05, 0) is 37.8 Å². The molecule has 0 radical (unpaired) electrons. The number of nitrogens with two attached hydrogens (primary N) is 1. The highest BCUT2D eigenvalue weighted by Crippen LogP contribution is 2.28. The average molecular weight is 361 g/mol. The molecular formula is C18H27N5O3. The van der Waals surface area contributed by atoms with Gasteiger partial charge in [0.15, 0.2) is 0 Å². The number of nitrogens with zero attached hydrogens (tertiary/aromatic N) is 4. The lowest BCUT2D eigenvalue weighted by molar-refractivity contribution is 0.0461. The van der Waals surface area contributed by atoms with Crippen LogP contribution in [-0.4, -0.2) is 43.6 Å². The molecule has 3 unspecified atom stereocenters. The van der Waals surface area contributed by atoms with Crippen molar-refractivity contribution in [1.29, 1.82) is 0 Å². The summed E-state index contributed by atoms with van der Waals surface area (Å²) in [5, 5.41) is 0.369. The van der Waals surface area contributed by atoms with Gasteiger partial charge in [-0.3, -0.25) is 18.7 Å². The van der Waals surface area contributed by atoms with E-state index in [0.717, 1.165) is 11.0 Å². The second kappa shape index (κ2) is 6.42. The van der Waals surface area contributed by atoms with Gasteiger partial charge < -0.3 is 15.2 Å². The van der Waals surface area contributed by atoms with E-state index in [-0.39, 0.29) is 17.9 Å². The largest absolute Gasteiger partial charge is 0.334 e. The minimum absolute atomic E-state index is 0.102. The molecule has 1 aliphatic heterocycles. The first-order chi connectivity index (χ1) is 12.2. The maximum absolute atomic E-state index is 13.2. The summed E-state index contributed by atoms with van der Waals surface area (Å²) in [7, 11) is 4.76. The monoisotopic (exact) mass is 361 g/mol. The molecule has 2 aromatic heterocycles. The number of carbonyl (C=O) groups excluding carboxylic acids is 1. The molecule has 0 aromatic carbocycles. The first-order valence-electron chi connectivity index (χ1n) is 8.95. The van der Waals surface area contributed by atoms with Crippen LogP contribution in [0.4, 0.5) is 0 Å². The molecule has 3 heterocycles. The van der Waals surface area contributed by atoms with Crippen molar-refractivity contribution in [1.82, 2.24) is 18.6 Å². The highest BCUT2D eigenvalue weighted by molar-refractivity contribution is 5.98. The number of piperidine rings is 1. The van der Waals surface area contributed by atoms with Crippen LogP contribution in [0.1, 0.15) is 30.8 Å². The molecule has 0 saturated carbocycles. The maximum atomic E-state index is 13.2. The van der Waals surface area contributed by atoms with Crippen molar-refractivity contribution >= 4 is 16.9 Å². The summed E-state index contributed by atoms with van der Waals surface area (Å²) in [5.41, 5.74) is 5.94. The molecule has 2 aromatic rings. The van der Waals surface area contributed by atoms with Crippen molar-refractivity contribution < 1.29 is 4.79 Å². The Morgan fingerprint density at radius 1 is 1.15 bits per heavy atom. The minimum atomic E-state index is -0.411. The topological polar surface area (TPSA) is 95.3 Å². The molecule has 8 heteroatoms. The quantitative estimate of drug-likeness (QED) is 0.816. The summed E-state index contributed by atoms with van der Waals surface area (Å²) in [6.45, 7) is 5.36. The first kappa shape index (κ1) is 18.4. The van der Waals surface area contributed by atoms with Crippen LogP contribution in [0, 0.1) is 11.8 Å². The third kappa shape index (κ3) is 2.59. The number of aryl methyl sites for hydroxylation is 2. The van der Waals surface area contributed by atoms with Gasteiger partial charge in [0.05, 0.1) is 5.39 Å². The third-order valence-corrected chi connectivity index (χ3v) is 5.89. The fourth-order valence-corrected chi connectivity index (χ4v) is 4.15. The number of hydrogen-bond acceptors (Lipinski definition) is 4. The molecule has 26 heavy (non-hydrogen) atoms. The van der Waals surface area contributed by atoms with E-state index in [0.29, 0.717) is 35.7 Å². The van der Waals surface area contributed by atoms with Gasteiger partial charge in [0.2, 0.25) is 0 Å². The number of aromatic nitrogens is 3. The van der Waals surface area contributed by atoms with Gasteiger partial charge >= 0.3 is 5.69 Å². The lowest BCUT2D eigenvalue weighted by Crippen LogP contribution is -2.50. The Morgan fingerprint density at radius 2 is 1.81 bits per heavy atom.